The number of hydrogen-bond donors (Lipinski definition) is 0. The fourth-order valence-electron chi connectivity index (χ4n) is 4.63. The monoisotopic (exact) mass is 468 g/mol. The lowest BCUT2D eigenvalue weighted by Crippen LogP contribution is -1.99. The minimum Gasteiger partial charge on any atom is -0.496 e. The summed E-state index contributed by atoms with van der Waals surface area (Å²) in [7, 11) is 1.79. The van der Waals surface area contributed by atoms with Crippen LogP contribution in [0.3, 0.4) is 0 Å². The second-order valence-electron chi connectivity index (χ2n) is 10.3. The van der Waals surface area contributed by atoms with Crippen LogP contribution in [0, 0.1) is 5.92 Å². The van der Waals surface area contributed by atoms with Crippen LogP contribution in [0.2, 0.25) is 0 Å². The zero-order valence-electron chi connectivity index (χ0n) is 22.6. The lowest BCUT2D eigenvalue weighted by Gasteiger charge is -2.14. The molecule has 0 aromatic heterocycles. The summed E-state index contributed by atoms with van der Waals surface area (Å²) in [5.41, 5.74) is 9.14. The van der Waals surface area contributed by atoms with Crippen molar-refractivity contribution in [1.82, 2.24) is 0 Å². The van der Waals surface area contributed by atoms with Crippen molar-refractivity contribution in [1.29, 1.82) is 0 Å². The molecule has 0 bridgehead atoms. The van der Waals surface area contributed by atoms with Crippen molar-refractivity contribution in [2.24, 2.45) is 5.92 Å². The van der Waals surface area contributed by atoms with Crippen LogP contribution < -0.4 is 4.74 Å². The maximum Gasteiger partial charge on any atom is 0.122 e. The average molecular weight is 469 g/mol. The van der Waals surface area contributed by atoms with Gasteiger partial charge < -0.3 is 4.74 Å². The third-order valence-electron chi connectivity index (χ3n) is 6.98. The third-order valence-corrected chi connectivity index (χ3v) is 6.98. The molecule has 1 unspecified atom stereocenters. The van der Waals surface area contributed by atoms with E-state index in [0.29, 0.717) is 5.92 Å². The van der Waals surface area contributed by atoms with E-state index >= 15 is 0 Å². The summed E-state index contributed by atoms with van der Waals surface area (Å²) < 4.78 is 5.78. The van der Waals surface area contributed by atoms with Gasteiger partial charge in [-0.1, -0.05) is 99.0 Å². The highest BCUT2D eigenvalue weighted by Gasteiger charge is 2.09. The normalized spacial score (nSPS) is 11.8. The number of benzene rings is 3. The zero-order valence-corrected chi connectivity index (χ0v) is 22.6. The van der Waals surface area contributed by atoms with Crippen molar-refractivity contribution in [2.45, 2.75) is 79.1 Å². The molecule has 0 aliphatic carbocycles. The van der Waals surface area contributed by atoms with Crippen LogP contribution in [0.4, 0.5) is 0 Å². The minimum atomic E-state index is 0.716. The number of rotatable bonds is 13. The van der Waals surface area contributed by atoms with E-state index < -0.39 is 0 Å². The number of allylic oxidation sites excluding steroid dienone is 2. The predicted octanol–water partition coefficient (Wildman–Crippen LogP) is 10.1. The van der Waals surface area contributed by atoms with Crippen LogP contribution in [0.1, 0.15) is 77.3 Å². The Morgan fingerprint density at radius 3 is 1.97 bits per heavy atom. The Hall–Kier alpha value is -2.80. The Labute approximate surface area is 214 Å². The predicted molar refractivity (Wildman–Crippen MR) is 153 cm³/mol. The molecular formula is C34H44O. The minimum absolute atomic E-state index is 0.716. The smallest absolute Gasteiger partial charge is 0.122 e. The molecule has 0 saturated carbocycles. The molecule has 0 spiro atoms. The summed E-state index contributed by atoms with van der Waals surface area (Å²) in [5.74, 6) is 1.72. The molecule has 0 radical (unpaired) electrons. The average Bonchev–Trinajstić information content (AvgIpc) is 2.88. The fourth-order valence-corrected chi connectivity index (χ4v) is 4.63. The molecule has 0 N–H and O–H groups in total. The molecule has 1 atom stereocenters. The van der Waals surface area contributed by atoms with Crippen LogP contribution in [0.25, 0.3) is 22.3 Å². The van der Waals surface area contributed by atoms with Crippen LogP contribution in [-0.2, 0) is 12.8 Å². The largest absolute Gasteiger partial charge is 0.496 e. The highest BCUT2D eigenvalue weighted by atomic mass is 16.5. The van der Waals surface area contributed by atoms with E-state index in [4.69, 9.17) is 4.74 Å². The van der Waals surface area contributed by atoms with Crippen LogP contribution in [0.5, 0.6) is 5.75 Å². The van der Waals surface area contributed by atoms with Gasteiger partial charge in [-0.2, -0.15) is 0 Å². The number of unbranched alkanes of at least 4 members (excludes halogenated alkanes) is 2. The van der Waals surface area contributed by atoms with E-state index in [0.717, 1.165) is 12.2 Å². The summed E-state index contributed by atoms with van der Waals surface area (Å²) in [4.78, 5) is 0. The molecule has 0 aliphatic rings. The molecule has 0 amide bonds. The van der Waals surface area contributed by atoms with Gasteiger partial charge in [0.1, 0.15) is 5.75 Å². The highest BCUT2D eigenvalue weighted by Crippen LogP contribution is 2.31. The Morgan fingerprint density at radius 1 is 0.771 bits per heavy atom. The van der Waals surface area contributed by atoms with Gasteiger partial charge in [-0.15, -0.1) is 0 Å². The standard InChI is InChI=1S/C34H44O/c1-6-7-8-12-28-14-17-29(18-15-28)30-19-21-31(22-20-30)33-24-23-32(34(25-33)35-5)16-13-27(4)11-9-10-26(2)3/h10,14-15,17-25,27H,6-9,11-13,16H2,1-5H3. The Kier molecular flexibility index (Phi) is 10.7. The Bertz CT molecular complexity index is 1050. The summed E-state index contributed by atoms with van der Waals surface area (Å²) in [6.07, 6.45) is 12.1. The molecule has 3 aromatic rings. The lowest BCUT2D eigenvalue weighted by molar-refractivity contribution is 0.406. The van der Waals surface area contributed by atoms with Crippen molar-refractivity contribution in [3.63, 3.8) is 0 Å². The summed E-state index contributed by atoms with van der Waals surface area (Å²) in [5, 5.41) is 0. The molecule has 0 aliphatic heterocycles. The molecule has 0 saturated heterocycles. The summed E-state index contributed by atoms with van der Waals surface area (Å²) >= 11 is 0. The van der Waals surface area contributed by atoms with E-state index in [1.165, 1.54) is 83.9 Å². The molecule has 3 rings (SSSR count). The van der Waals surface area contributed by atoms with E-state index in [2.05, 4.69) is 101 Å². The molecule has 1 heteroatoms. The zero-order chi connectivity index (χ0) is 25.0. The van der Waals surface area contributed by atoms with Gasteiger partial charge in [0.15, 0.2) is 0 Å². The number of ether oxygens (including phenoxy) is 1. The first-order valence-electron chi connectivity index (χ1n) is 13.5. The molecular weight excluding hydrogens is 424 g/mol. The summed E-state index contributed by atoms with van der Waals surface area (Å²) in [6.45, 7) is 8.97. The maximum atomic E-state index is 5.78. The van der Waals surface area contributed by atoms with Crippen LogP contribution >= 0.6 is 0 Å². The van der Waals surface area contributed by atoms with Gasteiger partial charge in [-0.05, 0) is 97.7 Å². The van der Waals surface area contributed by atoms with E-state index in [1.807, 2.05) is 0 Å². The SMILES string of the molecule is CCCCCc1ccc(-c2ccc(-c3ccc(CCC(C)CCC=C(C)C)c(OC)c3)cc2)cc1. The van der Waals surface area contributed by atoms with Gasteiger partial charge in [-0.25, -0.2) is 0 Å². The molecule has 35 heavy (non-hydrogen) atoms. The number of methoxy groups -OCH3 is 1. The molecule has 0 fully saturated rings. The first-order chi connectivity index (χ1) is 17.0. The summed E-state index contributed by atoms with van der Waals surface area (Å²) in [6, 6.07) is 24.7. The Balaban J connectivity index is 1.63. The van der Waals surface area contributed by atoms with Gasteiger partial charge in [0.25, 0.3) is 0 Å². The number of aryl methyl sites for hydroxylation is 2. The van der Waals surface area contributed by atoms with Gasteiger partial charge in [-0.3, -0.25) is 0 Å². The second kappa shape index (κ2) is 13.9. The fraction of sp³-hybridized carbons (Fsp3) is 0.412. The van der Waals surface area contributed by atoms with Crippen molar-refractivity contribution in [2.75, 3.05) is 7.11 Å². The van der Waals surface area contributed by atoms with Gasteiger partial charge in [0.05, 0.1) is 7.11 Å². The molecule has 3 aromatic carbocycles. The van der Waals surface area contributed by atoms with Gasteiger partial charge in [0, 0.05) is 0 Å². The van der Waals surface area contributed by atoms with Crippen molar-refractivity contribution < 1.29 is 4.74 Å². The first-order valence-corrected chi connectivity index (χ1v) is 13.5. The van der Waals surface area contributed by atoms with E-state index in [1.54, 1.807) is 7.11 Å². The lowest BCUT2D eigenvalue weighted by atomic mass is 9.94. The van der Waals surface area contributed by atoms with E-state index in [9.17, 15) is 0 Å². The first kappa shape index (κ1) is 26.8. The maximum absolute atomic E-state index is 5.78. The topological polar surface area (TPSA) is 9.23 Å². The van der Waals surface area contributed by atoms with Crippen molar-refractivity contribution in [3.05, 3.63) is 89.5 Å². The van der Waals surface area contributed by atoms with Gasteiger partial charge >= 0.3 is 0 Å². The van der Waals surface area contributed by atoms with Crippen molar-refractivity contribution >= 4 is 0 Å². The molecule has 186 valence electrons. The molecule has 0 heterocycles. The quantitative estimate of drug-likeness (QED) is 0.179. The number of hydrogen-bond acceptors (Lipinski definition) is 1. The van der Waals surface area contributed by atoms with Crippen LogP contribution in [0.15, 0.2) is 78.4 Å². The second-order valence-corrected chi connectivity index (χ2v) is 10.3. The van der Waals surface area contributed by atoms with Gasteiger partial charge in [0.2, 0.25) is 0 Å². The Morgan fingerprint density at radius 2 is 1.37 bits per heavy atom. The third kappa shape index (κ3) is 8.42. The van der Waals surface area contributed by atoms with E-state index in [-0.39, 0.29) is 0 Å². The van der Waals surface area contributed by atoms with Crippen molar-refractivity contribution in [3.8, 4) is 28.0 Å². The highest BCUT2D eigenvalue weighted by molar-refractivity contribution is 5.71. The van der Waals surface area contributed by atoms with Crippen LogP contribution in [-0.4, -0.2) is 7.11 Å². The molecule has 1 nitrogen and oxygen atoms in total.